The van der Waals surface area contributed by atoms with E-state index in [9.17, 15) is 5.11 Å². The van der Waals surface area contributed by atoms with Gasteiger partial charge >= 0.3 is 0 Å². The number of aliphatic hydroxyl groups excluding tert-OH is 1. The quantitative estimate of drug-likeness (QED) is 0.553. The molecular weight excluding hydrogens is 346 g/mol. The van der Waals surface area contributed by atoms with Gasteiger partial charge in [-0.1, -0.05) is 30.3 Å². The molecule has 1 N–H and O–H groups in total. The fourth-order valence-corrected chi connectivity index (χ4v) is 3.77. The van der Waals surface area contributed by atoms with Crippen LogP contribution in [0.3, 0.4) is 0 Å². The van der Waals surface area contributed by atoms with E-state index in [1.165, 1.54) is 4.88 Å². The molecule has 0 unspecified atom stereocenters. The van der Waals surface area contributed by atoms with Crippen molar-refractivity contribution >= 4 is 11.3 Å². The largest absolute Gasteiger partial charge is 0.457 e. The minimum Gasteiger partial charge on any atom is -0.457 e. The maximum absolute atomic E-state index is 9.34. The van der Waals surface area contributed by atoms with Crippen LogP contribution in [0.2, 0.25) is 0 Å². The predicted molar refractivity (Wildman–Crippen MR) is 102 cm³/mol. The first-order chi connectivity index (χ1) is 12.8. The zero-order valence-electron chi connectivity index (χ0n) is 14.4. The van der Waals surface area contributed by atoms with E-state index in [1.807, 2.05) is 55.2 Å². The van der Waals surface area contributed by atoms with Gasteiger partial charge in [-0.15, -0.1) is 11.3 Å². The Balaban J connectivity index is 1.74. The van der Waals surface area contributed by atoms with Crippen LogP contribution >= 0.6 is 11.3 Å². The summed E-state index contributed by atoms with van der Waals surface area (Å²) in [6, 6.07) is 13.8. The van der Waals surface area contributed by atoms with Gasteiger partial charge in [0, 0.05) is 23.4 Å². The molecule has 6 heteroatoms. The topological polar surface area (TPSA) is 64.1 Å². The molecule has 0 bridgehead atoms. The third-order valence-corrected chi connectivity index (χ3v) is 5.36. The van der Waals surface area contributed by atoms with Gasteiger partial charge in [0.2, 0.25) is 0 Å². The lowest BCUT2D eigenvalue weighted by Gasteiger charge is -2.08. The van der Waals surface area contributed by atoms with Crippen LogP contribution in [-0.4, -0.2) is 19.6 Å². The molecule has 0 amide bonds. The van der Waals surface area contributed by atoms with Crippen molar-refractivity contribution in [3.63, 3.8) is 0 Å². The molecule has 1 aromatic carbocycles. The summed E-state index contributed by atoms with van der Waals surface area (Å²) in [5, 5.41) is 9.34. The Hall–Kier alpha value is -2.70. The summed E-state index contributed by atoms with van der Waals surface area (Å²) < 4.78 is 7.93. The van der Waals surface area contributed by atoms with Gasteiger partial charge in [0.15, 0.2) is 5.76 Å². The molecule has 26 heavy (non-hydrogen) atoms. The Morgan fingerprint density at radius 1 is 1.12 bits per heavy atom. The number of nitrogens with zero attached hydrogens (tertiary/aromatic N) is 3. The van der Waals surface area contributed by atoms with E-state index in [0.717, 1.165) is 35.6 Å². The van der Waals surface area contributed by atoms with Gasteiger partial charge in [-0.2, -0.15) is 0 Å². The highest BCUT2D eigenvalue weighted by atomic mass is 32.1. The molecule has 0 aliphatic heterocycles. The van der Waals surface area contributed by atoms with Gasteiger partial charge in [-0.05, 0) is 19.1 Å². The molecule has 0 radical (unpaired) electrons. The molecular formula is C20H19N3O2S. The summed E-state index contributed by atoms with van der Waals surface area (Å²) in [6.45, 7) is 2.71. The van der Waals surface area contributed by atoms with E-state index in [4.69, 9.17) is 4.42 Å². The third-order valence-electron chi connectivity index (χ3n) is 4.36. The first-order valence-electron chi connectivity index (χ1n) is 8.45. The van der Waals surface area contributed by atoms with Gasteiger partial charge in [0.05, 0.1) is 23.2 Å². The molecule has 3 aromatic heterocycles. The lowest BCUT2D eigenvalue weighted by molar-refractivity contribution is 0.248. The Morgan fingerprint density at radius 3 is 2.65 bits per heavy atom. The minimum atomic E-state index is -0.116. The van der Waals surface area contributed by atoms with Crippen LogP contribution in [0, 0.1) is 6.92 Å². The van der Waals surface area contributed by atoms with Crippen molar-refractivity contribution in [2.45, 2.75) is 26.5 Å². The second-order valence-electron chi connectivity index (χ2n) is 6.04. The number of thiazole rings is 1. The Bertz CT molecular complexity index is 1000. The normalized spacial score (nSPS) is 11.2. The molecule has 0 aliphatic rings. The first-order valence-corrected chi connectivity index (χ1v) is 9.33. The van der Waals surface area contributed by atoms with E-state index in [2.05, 4.69) is 14.5 Å². The van der Waals surface area contributed by atoms with Crippen molar-refractivity contribution < 1.29 is 9.52 Å². The molecule has 0 spiro atoms. The van der Waals surface area contributed by atoms with Crippen LogP contribution in [0.15, 0.2) is 58.7 Å². The summed E-state index contributed by atoms with van der Waals surface area (Å²) in [5.41, 5.74) is 5.82. The molecule has 0 fully saturated rings. The van der Waals surface area contributed by atoms with Crippen LogP contribution < -0.4 is 0 Å². The van der Waals surface area contributed by atoms with Gasteiger partial charge in [0.1, 0.15) is 18.1 Å². The summed E-state index contributed by atoms with van der Waals surface area (Å²) >= 11 is 1.68. The fraction of sp³-hybridized carbons (Fsp3) is 0.200. The van der Waals surface area contributed by atoms with E-state index in [-0.39, 0.29) is 6.61 Å². The second kappa shape index (κ2) is 7.27. The van der Waals surface area contributed by atoms with E-state index in [0.29, 0.717) is 11.5 Å². The number of aryl methyl sites for hydroxylation is 3. The molecule has 0 atom stereocenters. The molecule has 0 saturated carbocycles. The molecule has 0 saturated heterocycles. The fourth-order valence-electron chi connectivity index (χ4n) is 3.00. The maximum Gasteiger partial charge on any atom is 0.153 e. The van der Waals surface area contributed by atoms with Crippen LogP contribution in [0.25, 0.3) is 22.7 Å². The van der Waals surface area contributed by atoms with Gasteiger partial charge in [-0.25, -0.2) is 9.97 Å². The van der Waals surface area contributed by atoms with E-state index in [1.54, 1.807) is 17.4 Å². The van der Waals surface area contributed by atoms with Crippen molar-refractivity contribution in [2.24, 2.45) is 0 Å². The highest BCUT2D eigenvalue weighted by molar-refractivity contribution is 7.09. The standard InChI is InChI=1S/C20H19N3O2S/c1-14-18(26-13-22-14)9-10-23-12-21-19(15-5-3-2-4-6-15)20(23)17-8-7-16(11-24)25-17/h2-8,12-13,24H,9-11H2,1H3. The zero-order chi connectivity index (χ0) is 17.9. The Morgan fingerprint density at radius 2 is 1.96 bits per heavy atom. The molecule has 3 heterocycles. The van der Waals surface area contributed by atoms with Gasteiger partial charge in [-0.3, -0.25) is 0 Å². The van der Waals surface area contributed by atoms with Crippen LogP contribution in [0.1, 0.15) is 16.3 Å². The zero-order valence-corrected chi connectivity index (χ0v) is 15.2. The van der Waals surface area contributed by atoms with Crippen molar-refractivity contribution in [1.82, 2.24) is 14.5 Å². The van der Waals surface area contributed by atoms with Gasteiger partial charge < -0.3 is 14.1 Å². The first kappa shape index (κ1) is 16.8. The summed E-state index contributed by atoms with van der Waals surface area (Å²) in [6.07, 6.45) is 2.75. The number of rotatable bonds is 6. The Kier molecular flexibility index (Phi) is 4.69. The predicted octanol–water partition coefficient (Wildman–Crippen LogP) is 4.31. The maximum atomic E-state index is 9.34. The molecule has 132 valence electrons. The number of aromatic nitrogens is 3. The molecule has 4 rings (SSSR count). The minimum absolute atomic E-state index is 0.116. The molecule has 0 aliphatic carbocycles. The number of hydrogen-bond acceptors (Lipinski definition) is 5. The Labute approximate surface area is 155 Å². The number of imidazole rings is 1. The summed E-state index contributed by atoms with van der Waals surface area (Å²) in [5.74, 6) is 1.26. The van der Waals surface area contributed by atoms with Crippen LogP contribution in [0.4, 0.5) is 0 Å². The van der Waals surface area contributed by atoms with Crippen LogP contribution in [0.5, 0.6) is 0 Å². The second-order valence-corrected chi connectivity index (χ2v) is 6.98. The number of benzene rings is 1. The summed E-state index contributed by atoms with van der Waals surface area (Å²) in [7, 11) is 0. The number of furan rings is 1. The van der Waals surface area contributed by atoms with Crippen molar-refractivity contribution in [3.8, 4) is 22.7 Å². The monoisotopic (exact) mass is 365 g/mol. The van der Waals surface area contributed by atoms with Crippen molar-refractivity contribution in [1.29, 1.82) is 0 Å². The smallest absolute Gasteiger partial charge is 0.153 e. The lowest BCUT2D eigenvalue weighted by Crippen LogP contribution is -2.02. The van der Waals surface area contributed by atoms with Crippen molar-refractivity contribution in [3.05, 3.63) is 70.6 Å². The SMILES string of the molecule is Cc1ncsc1CCn1cnc(-c2ccccc2)c1-c1ccc(CO)o1. The van der Waals surface area contributed by atoms with E-state index < -0.39 is 0 Å². The average Bonchev–Trinajstić information content (AvgIpc) is 3.39. The number of hydrogen-bond donors (Lipinski definition) is 1. The van der Waals surface area contributed by atoms with Gasteiger partial charge in [0.25, 0.3) is 0 Å². The highest BCUT2D eigenvalue weighted by Crippen LogP contribution is 2.32. The summed E-state index contributed by atoms with van der Waals surface area (Å²) in [4.78, 5) is 10.3. The van der Waals surface area contributed by atoms with Crippen molar-refractivity contribution in [2.75, 3.05) is 0 Å². The average molecular weight is 365 g/mol. The molecule has 4 aromatic rings. The van der Waals surface area contributed by atoms with E-state index >= 15 is 0 Å². The third kappa shape index (κ3) is 3.21. The lowest BCUT2D eigenvalue weighted by atomic mass is 10.1. The highest BCUT2D eigenvalue weighted by Gasteiger charge is 2.18. The van der Waals surface area contributed by atoms with Crippen LogP contribution in [-0.2, 0) is 19.6 Å². The number of aliphatic hydroxyl groups is 1. The molecule has 5 nitrogen and oxygen atoms in total.